The van der Waals surface area contributed by atoms with E-state index in [1.165, 1.54) is 0 Å². The highest BCUT2D eigenvalue weighted by molar-refractivity contribution is 6.07. The largest absolute Gasteiger partial charge is 0.493 e. The van der Waals surface area contributed by atoms with Crippen LogP contribution in [-0.4, -0.2) is 24.2 Å². The van der Waals surface area contributed by atoms with Crippen LogP contribution in [0, 0.1) is 0 Å². The molecule has 0 fully saturated rings. The van der Waals surface area contributed by atoms with Gasteiger partial charge in [0.2, 0.25) is 0 Å². The first kappa shape index (κ1) is 19.5. The van der Waals surface area contributed by atoms with E-state index in [0.29, 0.717) is 30.2 Å². The fraction of sp³-hybridized carbons (Fsp3) is 0.261. The molecule has 1 N–H and O–H groups in total. The summed E-state index contributed by atoms with van der Waals surface area (Å²) in [5.41, 5.74) is 2.62. The molecule has 1 heterocycles. The van der Waals surface area contributed by atoms with E-state index in [1.807, 2.05) is 73.2 Å². The first-order chi connectivity index (χ1) is 13.6. The van der Waals surface area contributed by atoms with Gasteiger partial charge in [-0.25, -0.2) is 0 Å². The summed E-state index contributed by atoms with van der Waals surface area (Å²) in [4.78, 5) is 13.0. The number of fused-ring (bicyclic) bond motifs is 1. The van der Waals surface area contributed by atoms with Crippen LogP contribution in [0.4, 0.5) is 0 Å². The van der Waals surface area contributed by atoms with E-state index >= 15 is 0 Å². The molecular weight excluding hydrogens is 352 g/mol. The summed E-state index contributed by atoms with van der Waals surface area (Å²) in [6, 6.07) is 13.4. The molecule has 146 valence electrons. The minimum absolute atomic E-state index is 0.112. The Morgan fingerprint density at radius 1 is 1.25 bits per heavy atom. The van der Waals surface area contributed by atoms with Crippen molar-refractivity contribution in [3.63, 3.8) is 0 Å². The number of ether oxygens (including phenoxy) is 2. The zero-order valence-electron chi connectivity index (χ0n) is 16.6. The highest BCUT2D eigenvalue weighted by Crippen LogP contribution is 2.30. The van der Waals surface area contributed by atoms with E-state index in [-0.39, 0.29) is 11.9 Å². The lowest BCUT2D eigenvalue weighted by atomic mass is 10.1. The number of hydrogen-bond acceptors (Lipinski definition) is 3. The Morgan fingerprint density at radius 2 is 2.04 bits per heavy atom. The van der Waals surface area contributed by atoms with E-state index in [1.54, 1.807) is 7.11 Å². The summed E-state index contributed by atoms with van der Waals surface area (Å²) in [5.74, 6) is 1.24. The number of para-hydroxylation sites is 1. The molecule has 0 saturated heterocycles. The lowest BCUT2D eigenvalue weighted by molar-refractivity contribution is 0.0941. The van der Waals surface area contributed by atoms with Gasteiger partial charge in [0.05, 0.1) is 25.3 Å². The zero-order valence-corrected chi connectivity index (χ0v) is 16.6. The SMILES string of the molecule is C=CCn1cc(C(=O)NC(C)c2ccc(OCC)c(OC)c2)c2ccccc21. The number of hydrogen-bond donors (Lipinski definition) is 1. The summed E-state index contributed by atoms with van der Waals surface area (Å²) in [7, 11) is 1.61. The summed E-state index contributed by atoms with van der Waals surface area (Å²) in [6.45, 7) is 8.90. The summed E-state index contributed by atoms with van der Waals surface area (Å²) in [5, 5.41) is 4.02. The number of nitrogens with zero attached hydrogens (tertiary/aromatic N) is 1. The first-order valence-corrected chi connectivity index (χ1v) is 9.39. The standard InChI is InChI=1S/C23H26N2O3/c1-5-13-25-15-19(18-9-7-8-10-20(18)25)23(26)24-16(3)17-11-12-21(28-6-2)22(14-17)27-4/h5,7-12,14-16H,1,6,13H2,2-4H3,(H,24,26). The molecule has 0 spiro atoms. The Bertz CT molecular complexity index is 991. The number of allylic oxidation sites excluding steroid dienone is 1. The average molecular weight is 378 g/mol. The average Bonchev–Trinajstić information content (AvgIpc) is 3.07. The normalized spacial score (nSPS) is 11.8. The molecular formula is C23H26N2O3. The Balaban J connectivity index is 1.85. The van der Waals surface area contributed by atoms with Gasteiger partial charge >= 0.3 is 0 Å². The number of methoxy groups -OCH3 is 1. The van der Waals surface area contributed by atoms with Gasteiger partial charge in [-0.1, -0.05) is 30.3 Å². The number of benzene rings is 2. The van der Waals surface area contributed by atoms with Gasteiger partial charge in [-0.15, -0.1) is 6.58 Å². The molecule has 0 saturated carbocycles. The Hall–Kier alpha value is -3.21. The van der Waals surface area contributed by atoms with Crippen LogP contribution in [-0.2, 0) is 6.54 Å². The van der Waals surface area contributed by atoms with E-state index in [0.717, 1.165) is 16.5 Å². The predicted molar refractivity (Wildman–Crippen MR) is 112 cm³/mol. The molecule has 5 nitrogen and oxygen atoms in total. The maximum atomic E-state index is 13.0. The van der Waals surface area contributed by atoms with Crippen LogP contribution >= 0.6 is 0 Å². The van der Waals surface area contributed by atoms with Crippen LogP contribution in [0.2, 0.25) is 0 Å². The monoisotopic (exact) mass is 378 g/mol. The van der Waals surface area contributed by atoms with Gasteiger partial charge in [-0.2, -0.15) is 0 Å². The smallest absolute Gasteiger partial charge is 0.253 e. The molecule has 1 aromatic heterocycles. The molecule has 2 aromatic carbocycles. The van der Waals surface area contributed by atoms with E-state index in [4.69, 9.17) is 9.47 Å². The molecule has 0 aliphatic rings. The van der Waals surface area contributed by atoms with Crippen LogP contribution in [0.1, 0.15) is 35.8 Å². The second kappa shape index (κ2) is 8.65. The number of nitrogens with one attached hydrogen (secondary N) is 1. The van der Waals surface area contributed by atoms with Crippen molar-refractivity contribution in [1.29, 1.82) is 0 Å². The van der Waals surface area contributed by atoms with Crippen molar-refractivity contribution in [2.45, 2.75) is 26.4 Å². The first-order valence-electron chi connectivity index (χ1n) is 9.39. The van der Waals surface area contributed by atoms with Crippen molar-refractivity contribution < 1.29 is 14.3 Å². The third-order valence-corrected chi connectivity index (χ3v) is 4.69. The van der Waals surface area contributed by atoms with Crippen LogP contribution in [0.15, 0.2) is 61.3 Å². The predicted octanol–water partition coefficient (Wildman–Crippen LogP) is 4.73. The fourth-order valence-electron chi connectivity index (χ4n) is 3.30. The molecule has 0 aliphatic heterocycles. The molecule has 1 amide bonds. The molecule has 28 heavy (non-hydrogen) atoms. The number of rotatable bonds is 8. The highest BCUT2D eigenvalue weighted by Gasteiger charge is 2.18. The minimum Gasteiger partial charge on any atom is -0.493 e. The molecule has 3 aromatic rings. The van der Waals surface area contributed by atoms with Gasteiger partial charge < -0.3 is 19.4 Å². The van der Waals surface area contributed by atoms with Gasteiger partial charge in [0.25, 0.3) is 5.91 Å². The Labute approximate surface area is 165 Å². The number of carbonyl (C=O) groups is 1. The van der Waals surface area contributed by atoms with Crippen molar-refractivity contribution in [1.82, 2.24) is 9.88 Å². The van der Waals surface area contributed by atoms with Gasteiger partial charge in [-0.05, 0) is 37.6 Å². The molecule has 1 atom stereocenters. The Morgan fingerprint density at radius 3 is 2.75 bits per heavy atom. The number of aromatic nitrogens is 1. The van der Waals surface area contributed by atoms with Crippen molar-refractivity contribution in [3.8, 4) is 11.5 Å². The van der Waals surface area contributed by atoms with Crippen LogP contribution in [0.25, 0.3) is 10.9 Å². The lowest BCUT2D eigenvalue weighted by Crippen LogP contribution is -2.26. The third-order valence-electron chi connectivity index (χ3n) is 4.69. The minimum atomic E-state index is -0.182. The van der Waals surface area contributed by atoms with E-state index in [2.05, 4.69) is 11.9 Å². The van der Waals surface area contributed by atoms with Gasteiger partial charge in [0, 0.05) is 23.6 Å². The Kier molecular flexibility index (Phi) is 6.04. The molecule has 0 aliphatic carbocycles. The molecule has 1 unspecified atom stereocenters. The van der Waals surface area contributed by atoms with Crippen LogP contribution in [0.5, 0.6) is 11.5 Å². The molecule has 0 radical (unpaired) electrons. The highest BCUT2D eigenvalue weighted by atomic mass is 16.5. The zero-order chi connectivity index (χ0) is 20.1. The topological polar surface area (TPSA) is 52.5 Å². The second-order valence-electron chi connectivity index (χ2n) is 6.54. The molecule has 5 heteroatoms. The van der Waals surface area contributed by atoms with Crippen LogP contribution < -0.4 is 14.8 Å². The third kappa shape index (κ3) is 3.88. The van der Waals surface area contributed by atoms with Crippen molar-refractivity contribution in [2.24, 2.45) is 0 Å². The number of amides is 1. The maximum absolute atomic E-state index is 13.0. The van der Waals surface area contributed by atoms with Gasteiger partial charge in [0.1, 0.15) is 0 Å². The molecule has 3 rings (SSSR count). The van der Waals surface area contributed by atoms with Crippen LogP contribution in [0.3, 0.4) is 0 Å². The van der Waals surface area contributed by atoms with E-state index in [9.17, 15) is 4.79 Å². The van der Waals surface area contributed by atoms with Crippen molar-refractivity contribution in [3.05, 3.63) is 72.4 Å². The quantitative estimate of drug-likeness (QED) is 0.577. The summed E-state index contributed by atoms with van der Waals surface area (Å²) >= 11 is 0. The summed E-state index contributed by atoms with van der Waals surface area (Å²) < 4.78 is 13.0. The maximum Gasteiger partial charge on any atom is 0.253 e. The van der Waals surface area contributed by atoms with E-state index < -0.39 is 0 Å². The molecule has 0 bridgehead atoms. The number of carbonyl (C=O) groups excluding carboxylic acids is 1. The lowest BCUT2D eigenvalue weighted by Gasteiger charge is -2.17. The van der Waals surface area contributed by atoms with Crippen molar-refractivity contribution >= 4 is 16.8 Å². The summed E-state index contributed by atoms with van der Waals surface area (Å²) in [6.07, 6.45) is 3.70. The van der Waals surface area contributed by atoms with Crippen molar-refractivity contribution in [2.75, 3.05) is 13.7 Å². The van der Waals surface area contributed by atoms with Gasteiger partial charge in [-0.3, -0.25) is 4.79 Å². The van der Waals surface area contributed by atoms with Gasteiger partial charge in [0.15, 0.2) is 11.5 Å². The fourth-order valence-corrected chi connectivity index (χ4v) is 3.30. The second-order valence-corrected chi connectivity index (χ2v) is 6.54.